The Kier molecular flexibility index (Phi) is 7.27. The van der Waals surface area contributed by atoms with E-state index in [1.54, 1.807) is 30.4 Å². The van der Waals surface area contributed by atoms with Crippen molar-refractivity contribution < 1.29 is 18.7 Å². The molecule has 2 aromatic carbocycles. The van der Waals surface area contributed by atoms with Crippen LogP contribution in [0.3, 0.4) is 0 Å². The first-order chi connectivity index (χ1) is 14.6. The summed E-state index contributed by atoms with van der Waals surface area (Å²) >= 11 is 0. The number of methoxy groups -OCH3 is 1. The summed E-state index contributed by atoms with van der Waals surface area (Å²) < 4.78 is 10.5. The number of benzene rings is 2. The van der Waals surface area contributed by atoms with Gasteiger partial charge in [-0.3, -0.25) is 9.59 Å². The molecule has 0 unspecified atom stereocenters. The molecule has 0 saturated carbocycles. The number of furan rings is 1. The van der Waals surface area contributed by atoms with E-state index in [-0.39, 0.29) is 18.4 Å². The van der Waals surface area contributed by atoms with E-state index >= 15 is 0 Å². The van der Waals surface area contributed by atoms with Crippen LogP contribution in [0.2, 0.25) is 0 Å². The summed E-state index contributed by atoms with van der Waals surface area (Å²) in [6, 6.07) is 20.1. The van der Waals surface area contributed by atoms with E-state index in [1.807, 2.05) is 54.6 Å². The van der Waals surface area contributed by atoms with Gasteiger partial charge in [0, 0.05) is 19.9 Å². The van der Waals surface area contributed by atoms with Crippen molar-refractivity contribution in [3.05, 3.63) is 89.9 Å². The van der Waals surface area contributed by atoms with Crippen molar-refractivity contribution in [1.82, 2.24) is 10.2 Å². The molecule has 0 aliphatic carbocycles. The maximum atomic E-state index is 13.1. The zero-order valence-corrected chi connectivity index (χ0v) is 17.2. The first-order valence-corrected chi connectivity index (χ1v) is 9.81. The first-order valence-electron chi connectivity index (χ1n) is 9.81. The molecule has 3 rings (SSSR count). The fraction of sp³-hybridized carbons (Fsp3) is 0.250. The van der Waals surface area contributed by atoms with Crippen molar-refractivity contribution in [2.45, 2.75) is 32.5 Å². The van der Waals surface area contributed by atoms with E-state index in [0.29, 0.717) is 18.7 Å². The van der Waals surface area contributed by atoms with Crippen LogP contribution in [-0.2, 0) is 29.1 Å². The molecule has 1 N–H and O–H groups in total. The molecule has 1 atom stereocenters. The Morgan fingerprint density at radius 2 is 1.73 bits per heavy atom. The number of amides is 2. The van der Waals surface area contributed by atoms with Crippen LogP contribution < -0.4 is 10.1 Å². The van der Waals surface area contributed by atoms with Crippen LogP contribution in [-0.4, -0.2) is 29.9 Å². The molecule has 0 fully saturated rings. The highest BCUT2D eigenvalue weighted by atomic mass is 16.5. The van der Waals surface area contributed by atoms with Gasteiger partial charge in [0.25, 0.3) is 0 Å². The molecule has 0 radical (unpaired) electrons. The molecular formula is C24H26N2O4. The number of hydrogen-bond donors (Lipinski definition) is 1. The number of rotatable bonds is 9. The largest absolute Gasteiger partial charge is 0.497 e. The maximum absolute atomic E-state index is 13.1. The number of nitrogens with one attached hydrogen (secondary N) is 1. The van der Waals surface area contributed by atoms with Gasteiger partial charge in [-0.1, -0.05) is 42.5 Å². The van der Waals surface area contributed by atoms with Gasteiger partial charge < -0.3 is 19.4 Å². The molecule has 1 aromatic heterocycles. The molecule has 0 saturated heterocycles. The standard InChI is InChI=1S/C24H26N2O4/c1-18(27)26(17-20-10-12-21(29-2)13-11-20)23(15-19-7-4-3-5-8-19)24(28)25-16-22-9-6-14-30-22/h3-14,23H,15-17H2,1-2H3,(H,25,28)/t23-/m1/s1. The molecule has 6 nitrogen and oxygen atoms in total. The molecule has 30 heavy (non-hydrogen) atoms. The molecular weight excluding hydrogens is 380 g/mol. The van der Waals surface area contributed by atoms with Gasteiger partial charge in [-0.05, 0) is 35.4 Å². The highest BCUT2D eigenvalue weighted by Crippen LogP contribution is 2.17. The zero-order valence-electron chi connectivity index (χ0n) is 17.2. The Morgan fingerprint density at radius 3 is 2.33 bits per heavy atom. The summed E-state index contributed by atoms with van der Waals surface area (Å²) in [5.74, 6) is 1.01. The van der Waals surface area contributed by atoms with Crippen molar-refractivity contribution in [3.8, 4) is 5.75 Å². The van der Waals surface area contributed by atoms with Crippen LogP contribution in [0.1, 0.15) is 23.8 Å². The van der Waals surface area contributed by atoms with Gasteiger partial charge in [0.15, 0.2) is 0 Å². The third-order valence-electron chi connectivity index (χ3n) is 4.88. The van der Waals surface area contributed by atoms with E-state index in [0.717, 1.165) is 16.9 Å². The predicted molar refractivity (Wildman–Crippen MR) is 114 cm³/mol. The van der Waals surface area contributed by atoms with Crippen LogP contribution in [0.15, 0.2) is 77.4 Å². The van der Waals surface area contributed by atoms with Crippen LogP contribution in [0.5, 0.6) is 5.75 Å². The highest BCUT2D eigenvalue weighted by Gasteiger charge is 2.28. The average molecular weight is 406 g/mol. The summed E-state index contributed by atoms with van der Waals surface area (Å²) in [7, 11) is 1.61. The van der Waals surface area contributed by atoms with Crippen molar-refractivity contribution >= 4 is 11.8 Å². The number of nitrogens with zero attached hydrogens (tertiary/aromatic N) is 1. The van der Waals surface area contributed by atoms with Gasteiger partial charge >= 0.3 is 0 Å². The summed E-state index contributed by atoms with van der Waals surface area (Å²) in [5, 5.41) is 2.90. The van der Waals surface area contributed by atoms with E-state index in [9.17, 15) is 9.59 Å². The monoisotopic (exact) mass is 406 g/mol. The predicted octanol–water partition coefficient (Wildman–Crippen LogP) is 3.56. The molecule has 0 aliphatic heterocycles. The van der Waals surface area contributed by atoms with Gasteiger partial charge in [-0.15, -0.1) is 0 Å². The van der Waals surface area contributed by atoms with Crippen LogP contribution in [0.25, 0.3) is 0 Å². The van der Waals surface area contributed by atoms with Gasteiger partial charge in [0.1, 0.15) is 17.6 Å². The Balaban J connectivity index is 1.81. The molecule has 1 heterocycles. The van der Waals surface area contributed by atoms with Crippen molar-refractivity contribution in [3.63, 3.8) is 0 Å². The summed E-state index contributed by atoms with van der Waals surface area (Å²) in [6.45, 7) is 2.08. The summed E-state index contributed by atoms with van der Waals surface area (Å²) in [4.78, 5) is 27.3. The second-order valence-electron chi connectivity index (χ2n) is 7.00. The molecule has 0 spiro atoms. The molecule has 156 valence electrons. The number of hydrogen-bond acceptors (Lipinski definition) is 4. The fourth-order valence-corrected chi connectivity index (χ4v) is 3.26. The quantitative estimate of drug-likeness (QED) is 0.590. The van der Waals surface area contributed by atoms with E-state index in [1.165, 1.54) is 6.92 Å². The van der Waals surface area contributed by atoms with Crippen LogP contribution in [0, 0.1) is 0 Å². The molecule has 0 aliphatic rings. The molecule has 0 bridgehead atoms. The SMILES string of the molecule is COc1ccc(CN(C(C)=O)[C@H](Cc2ccccc2)C(=O)NCc2ccco2)cc1. The van der Waals surface area contributed by atoms with Crippen molar-refractivity contribution in [2.24, 2.45) is 0 Å². The second-order valence-corrected chi connectivity index (χ2v) is 7.00. The molecule has 3 aromatic rings. The third-order valence-corrected chi connectivity index (χ3v) is 4.88. The van der Waals surface area contributed by atoms with Crippen LogP contribution >= 0.6 is 0 Å². The lowest BCUT2D eigenvalue weighted by Crippen LogP contribution is -2.49. The Bertz CT molecular complexity index is 937. The second kappa shape index (κ2) is 10.3. The summed E-state index contributed by atoms with van der Waals surface area (Å²) in [6.07, 6.45) is 1.98. The van der Waals surface area contributed by atoms with E-state index in [4.69, 9.17) is 9.15 Å². The Hall–Kier alpha value is -3.54. The van der Waals surface area contributed by atoms with Gasteiger partial charge in [-0.25, -0.2) is 0 Å². The minimum absolute atomic E-state index is 0.167. The lowest BCUT2D eigenvalue weighted by molar-refractivity contribution is -0.139. The first kappa shape index (κ1) is 21.2. The number of carbonyl (C=O) groups excluding carboxylic acids is 2. The molecule has 6 heteroatoms. The Labute approximate surface area is 176 Å². The lowest BCUT2D eigenvalue weighted by Gasteiger charge is -2.30. The van der Waals surface area contributed by atoms with Gasteiger partial charge in [0.2, 0.25) is 11.8 Å². The topological polar surface area (TPSA) is 71.8 Å². The minimum atomic E-state index is -0.651. The van der Waals surface area contributed by atoms with E-state index in [2.05, 4.69) is 5.32 Å². The number of carbonyl (C=O) groups is 2. The normalized spacial score (nSPS) is 11.5. The Morgan fingerprint density at radius 1 is 1.00 bits per heavy atom. The highest BCUT2D eigenvalue weighted by molar-refractivity contribution is 5.87. The fourth-order valence-electron chi connectivity index (χ4n) is 3.26. The molecule has 2 amide bonds. The zero-order chi connectivity index (χ0) is 21.3. The maximum Gasteiger partial charge on any atom is 0.243 e. The van der Waals surface area contributed by atoms with Crippen molar-refractivity contribution in [2.75, 3.05) is 7.11 Å². The van der Waals surface area contributed by atoms with Crippen LogP contribution in [0.4, 0.5) is 0 Å². The summed E-state index contributed by atoms with van der Waals surface area (Å²) in [5.41, 5.74) is 1.90. The smallest absolute Gasteiger partial charge is 0.243 e. The average Bonchev–Trinajstić information content (AvgIpc) is 3.29. The number of ether oxygens (including phenoxy) is 1. The van der Waals surface area contributed by atoms with Gasteiger partial charge in [-0.2, -0.15) is 0 Å². The lowest BCUT2D eigenvalue weighted by atomic mass is 10.0. The van der Waals surface area contributed by atoms with Gasteiger partial charge in [0.05, 0.1) is 19.9 Å². The van der Waals surface area contributed by atoms with Crippen molar-refractivity contribution in [1.29, 1.82) is 0 Å². The van der Waals surface area contributed by atoms with E-state index < -0.39 is 6.04 Å². The third kappa shape index (κ3) is 5.73. The minimum Gasteiger partial charge on any atom is -0.497 e.